The van der Waals surface area contributed by atoms with Gasteiger partial charge < -0.3 is 14.6 Å². The number of aryl methyl sites for hydroxylation is 1. The van der Waals surface area contributed by atoms with E-state index >= 15 is 0 Å². The summed E-state index contributed by atoms with van der Waals surface area (Å²) >= 11 is 0. The van der Waals surface area contributed by atoms with Crippen molar-refractivity contribution in [3.05, 3.63) is 89.5 Å². The molecule has 1 aliphatic heterocycles. The highest BCUT2D eigenvalue weighted by atomic mass is 16.5. The molecule has 7 nitrogen and oxygen atoms in total. The van der Waals surface area contributed by atoms with E-state index in [0.717, 1.165) is 61.8 Å². The van der Waals surface area contributed by atoms with E-state index in [9.17, 15) is 4.79 Å². The molecule has 0 aliphatic carbocycles. The summed E-state index contributed by atoms with van der Waals surface area (Å²) in [5.74, 6) is 2.75. The molecule has 5 rings (SSSR count). The topological polar surface area (TPSA) is 72.3 Å². The van der Waals surface area contributed by atoms with Gasteiger partial charge in [0.1, 0.15) is 11.6 Å². The fraction of sp³-hybridized carbons (Fsp3) is 0.345. The van der Waals surface area contributed by atoms with Crippen LogP contribution in [0.4, 0.5) is 0 Å². The number of hydrogen-bond acceptors (Lipinski definition) is 5. The van der Waals surface area contributed by atoms with Crippen LogP contribution in [0.5, 0.6) is 5.75 Å². The Morgan fingerprint density at radius 3 is 2.56 bits per heavy atom. The average Bonchev–Trinajstić information content (AvgIpc) is 3.22. The van der Waals surface area contributed by atoms with E-state index in [1.807, 2.05) is 25.1 Å². The van der Waals surface area contributed by atoms with Crippen molar-refractivity contribution < 1.29 is 9.53 Å². The number of hydrogen-bond donors (Lipinski definition) is 1. The molecule has 0 radical (unpaired) electrons. The first-order valence-corrected chi connectivity index (χ1v) is 12.6. The summed E-state index contributed by atoms with van der Waals surface area (Å²) in [5, 5.41) is 14.4. The molecule has 0 unspecified atom stereocenters. The maximum Gasteiger partial charge on any atom is 0.220 e. The fourth-order valence-corrected chi connectivity index (χ4v) is 5.04. The van der Waals surface area contributed by atoms with Crippen LogP contribution in [0.25, 0.3) is 10.8 Å². The minimum absolute atomic E-state index is 0.0327. The third-order valence-corrected chi connectivity index (χ3v) is 6.98. The smallest absolute Gasteiger partial charge is 0.220 e. The molecule has 0 saturated carbocycles. The molecule has 1 aliphatic rings. The number of nitrogens with one attached hydrogen (secondary N) is 1. The third-order valence-electron chi connectivity index (χ3n) is 6.98. The van der Waals surface area contributed by atoms with Crippen LogP contribution in [0.3, 0.4) is 0 Å². The molecule has 0 saturated heterocycles. The lowest BCUT2D eigenvalue weighted by Gasteiger charge is -2.21. The van der Waals surface area contributed by atoms with E-state index in [1.54, 1.807) is 7.11 Å². The largest absolute Gasteiger partial charge is 0.496 e. The van der Waals surface area contributed by atoms with Gasteiger partial charge in [-0.3, -0.25) is 9.69 Å². The van der Waals surface area contributed by atoms with Gasteiger partial charge in [0, 0.05) is 44.4 Å². The predicted molar refractivity (Wildman–Crippen MR) is 141 cm³/mol. The molecule has 7 heteroatoms. The Morgan fingerprint density at radius 1 is 0.972 bits per heavy atom. The zero-order chi connectivity index (χ0) is 24.9. The second-order valence-electron chi connectivity index (χ2n) is 9.40. The van der Waals surface area contributed by atoms with Gasteiger partial charge in [0.2, 0.25) is 5.91 Å². The van der Waals surface area contributed by atoms with Gasteiger partial charge in [0.15, 0.2) is 5.82 Å². The van der Waals surface area contributed by atoms with Gasteiger partial charge in [-0.05, 0) is 35.9 Å². The maximum atomic E-state index is 12.6. The number of methoxy groups -OCH3 is 1. The van der Waals surface area contributed by atoms with Crippen molar-refractivity contribution in [2.75, 3.05) is 20.2 Å². The van der Waals surface area contributed by atoms with Crippen molar-refractivity contribution in [3.63, 3.8) is 0 Å². The second-order valence-corrected chi connectivity index (χ2v) is 9.40. The van der Waals surface area contributed by atoms with E-state index in [-0.39, 0.29) is 11.9 Å². The number of aromatic nitrogens is 3. The quantitative estimate of drug-likeness (QED) is 0.404. The summed E-state index contributed by atoms with van der Waals surface area (Å²) in [5.41, 5.74) is 2.46. The molecule has 0 fully saturated rings. The fourth-order valence-electron chi connectivity index (χ4n) is 5.04. The number of ether oxygens (including phenoxy) is 1. The molecule has 1 atom stereocenters. The van der Waals surface area contributed by atoms with Gasteiger partial charge >= 0.3 is 0 Å². The Morgan fingerprint density at radius 2 is 1.75 bits per heavy atom. The maximum absolute atomic E-state index is 12.6. The van der Waals surface area contributed by atoms with Crippen molar-refractivity contribution in [1.29, 1.82) is 0 Å². The van der Waals surface area contributed by atoms with Gasteiger partial charge in [-0.2, -0.15) is 0 Å². The van der Waals surface area contributed by atoms with Crippen molar-refractivity contribution in [3.8, 4) is 5.75 Å². The highest BCUT2D eigenvalue weighted by Gasteiger charge is 2.23. The van der Waals surface area contributed by atoms with Crippen LogP contribution >= 0.6 is 0 Å². The molecular weight excluding hydrogens is 450 g/mol. The highest BCUT2D eigenvalue weighted by Crippen LogP contribution is 2.29. The lowest BCUT2D eigenvalue weighted by molar-refractivity contribution is -0.121. The Labute approximate surface area is 212 Å². The van der Waals surface area contributed by atoms with Crippen molar-refractivity contribution in [2.24, 2.45) is 0 Å². The van der Waals surface area contributed by atoms with Crippen LogP contribution in [0.2, 0.25) is 0 Å². The first-order valence-electron chi connectivity index (χ1n) is 12.6. The molecule has 4 aromatic rings. The minimum Gasteiger partial charge on any atom is -0.496 e. The molecule has 1 aromatic heterocycles. The summed E-state index contributed by atoms with van der Waals surface area (Å²) in [6, 6.07) is 22.6. The predicted octanol–water partition coefficient (Wildman–Crippen LogP) is 4.31. The Balaban J connectivity index is 1.22. The summed E-state index contributed by atoms with van der Waals surface area (Å²) < 4.78 is 7.75. The van der Waals surface area contributed by atoms with Gasteiger partial charge in [-0.1, -0.05) is 60.7 Å². The Hall–Kier alpha value is -3.71. The molecule has 1 amide bonds. The summed E-state index contributed by atoms with van der Waals surface area (Å²) in [4.78, 5) is 15.0. The van der Waals surface area contributed by atoms with Crippen LogP contribution in [-0.4, -0.2) is 45.8 Å². The molecule has 0 spiro atoms. The molecule has 2 heterocycles. The Bertz CT molecular complexity index is 1330. The SMILES string of the molecule is COc1ccc(CN2CCc3nnc([C@H](C)NC(=O)CCc4ccccc4)n3CC2)c2ccccc12. The lowest BCUT2D eigenvalue weighted by atomic mass is 10.0. The number of fused-ring (bicyclic) bond motifs is 2. The lowest BCUT2D eigenvalue weighted by Crippen LogP contribution is -2.30. The van der Waals surface area contributed by atoms with E-state index in [4.69, 9.17) is 4.74 Å². The molecule has 0 bridgehead atoms. The van der Waals surface area contributed by atoms with E-state index in [0.29, 0.717) is 6.42 Å². The van der Waals surface area contributed by atoms with Gasteiger partial charge in [-0.25, -0.2) is 0 Å². The number of carbonyl (C=O) groups excluding carboxylic acids is 1. The molecule has 186 valence electrons. The van der Waals surface area contributed by atoms with E-state index < -0.39 is 0 Å². The standard InChI is InChI=1S/C29H33N5O2/c1-21(30-28(35)15-12-22-8-4-3-5-9-22)29-32-31-27-16-17-33(18-19-34(27)29)20-23-13-14-26(36-2)25-11-7-6-10-24(23)25/h3-11,13-14,21H,12,15-20H2,1-2H3,(H,30,35)/t21-/m0/s1. The van der Waals surface area contributed by atoms with Crippen LogP contribution in [0.1, 0.15) is 42.2 Å². The van der Waals surface area contributed by atoms with Crippen molar-refractivity contribution in [1.82, 2.24) is 25.0 Å². The molecule has 1 N–H and O–H groups in total. The molecule has 3 aromatic carbocycles. The summed E-state index contributed by atoms with van der Waals surface area (Å²) in [6.07, 6.45) is 2.01. The summed E-state index contributed by atoms with van der Waals surface area (Å²) in [7, 11) is 1.72. The average molecular weight is 484 g/mol. The highest BCUT2D eigenvalue weighted by molar-refractivity contribution is 5.91. The monoisotopic (exact) mass is 483 g/mol. The van der Waals surface area contributed by atoms with Crippen LogP contribution < -0.4 is 10.1 Å². The summed E-state index contributed by atoms with van der Waals surface area (Å²) in [6.45, 7) is 5.47. The number of rotatable bonds is 8. The van der Waals surface area contributed by atoms with Crippen molar-refractivity contribution in [2.45, 2.75) is 45.3 Å². The van der Waals surface area contributed by atoms with Crippen LogP contribution in [0.15, 0.2) is 66.7 Å². The van der Waals surface area contributed by atoms with E-state index in [1.165, 1.54) is 16.5 Å². The van der Waals surface area contributed by atoms with Crippen LogP contribution in [-0.2, 0) is 30.7 Å². The van der Waals surface area contributed by atoms with Crippen LogP contribution in [0, 0.1) is 0 Å². The minimum atomic E-state index is -0.188. The first-order chi connectivity index (χ1) is 17.6. The molecular formula is C29H33N5O2. The van der Waals surface area contributed by atoms with Gasteiger partial charge in [0.25, 0.3) is 0 Å². The molecule has 36 heavy (non-hydrogen) atoms. The number of benzene rings is 3. The van der Waals surface area contributed by atoms with Crippen molar-refractivity contribution >= 4 is 16.7 Å². The second kappa shape index (κ2) is 10.9. The first kappa shape index (κ1) is 24.0. The van der Waals surface area contributed by atoms with Gasteiger partial charge in [-0.15, -0.1) is 10.2 Å². The Kier molecular flexibility index (Phi) is 7.28. The van der Waals surface area contributed by atoms with Gasteiger partial charge in [0.05, 0.1) is 13.2 Å². The number of carbonyl (C=O) groups is 1. The normalized spacial score (nSPS) is 14.7. The number of nitrogens with zero attached hydrogens (tertiary/aromatic N) is 4. The zero-order valence-corrected chi connectivity index (χ0v) is 21.0. The zero-order valence-electron chi connectivity index (χ0n) is 21.0. The number of amides is 1. The third kappa shape index (κ3) is 5.26. The van der Waals surface area contributed by atoms with E-state index in [2.05, 4.69) is 73.5 Å².